The van der Waals surface area contributed by atoms with Crippen LogP contribution in [-0.2, 0) is 0 Å². The van der Waals surface area contributed by atoms with E-state index in [9.17, 15) is 13.6 Å². The van der Waals surface area contributed by atoms with Crippen molar-refractivity contribution >= 4 is 17.2 Å². The molecule has 100 valence electrons. The number of halogens is 2. The van der Waals surface area contributed by atoms with Crippen LogP contribution in [0.15, 0.2) is 35.7 Å². The first-order valence-electron chi connectivity index (χ1n) is 5.77. The minimum Gasteiger partial charge on any atom is -0.334 e. The van der Waals surface area contributed by atoms with Gasteiger partial charge in [0.25, 0.3) is 5.91 Å². The summed E-state index contributed by atoms with van der Waals surface area (Å²) >= 11 is 1.52. The van der Waals surface area contributed by atoms with Gasteiger partial charge in [0, 0.05) is 11.9 Å². The second-order valence-corrected chi connectivity index (χ2v) is 5.19. The number of hydrogen-bond donors (Lipinski definition) is 0. The van der Waals surface area contributed by atoms with Gasteiger partial charge in [-0.05, 0) is 30.5 Å². The van der Waals surface area contributed by atoms with Crippen LogP contribution in [0.5, 0.6) is 0 Å². The van der Waals surface area contributed by atoms with Crippen LogP contribution >= 0.6 is 11.3 Å². The molecular weight excluding hydrogens is 268 g/mol. The van der Waals surface area contributed by atoms with Crippen molar-refractivity contribution in [2.24, 2.45) is 0 Å². The van der Waals surface area contributed by atoms with Gasteiger partial charge in [-0.1, -0.05) is 12.1 Å². The molecule has 2 aromatic rings. The van der Waals surface area contributed by atoms with Gasteiger partial charge in [0.15, 0.2) is 11.6 Å². The van der Waals surface area contributed by atoms with Crippen molar-refractivity contribution in [1.82, 2.24) is 4.90 Å². The minimum absolute atomic E-state index is 0.185. The summed E-state index contributed by atoms with van der Waals surface area (Å²) in [5.41, 5.74) is -0.245. The van der Waals surface area contributed by atoms with E-state index >= 15 is 0 Å². The quantitative estimate of drug-likeness (QED) is 0.836. The molecule has 1 unspecified atom stereocenters. The molecular formula is C14H13F2NOS. The number of hydrogen-bond acceptors (Lipinski definition) is 2. The highest BCUT2D eigenvalue weighted by Crippen LogP contribution is 2.25. The number of amides is 1. The molecule has 1 amide bonds. The van der Waals surface area contributed by atoms with Crippen molar-refractivity contribution in [1.29, 1.82) is 0 Å². The Labute approximate surface area is 114 Å². The highest BCUT2D eigenvalue weighted by Gasteiger charge is 2.23. The molecule has 1 heterocycles. The summed E-state index contributed by atoms with van der Waals surface area (Å²) in [4.78, 5) is 14.6. The Hall–Kier alpha value is -1.75. The molecule has 0 aliphatic heterocycles. The Kier molecular flexibility index (Phi) is 3.95. The zero-order valence-corrected chi connectivity index (χ0v) is 11.4. The highest BCUT2D eigenvalue weighted by atomic mass is 32.1. The van der Waals surface area contributed by atoms with Crippen LogP contribution in [0.3, 0.4) is 0 Å². The molecule has 2 rings (SSSR count). The molecule has 5 heteroatoms. The lowest BCUT2D eigenvalue weighted by molar-refractivity contribution is 0.0739. The zero-order chi connectivity index (χ0) is 14.0. The fourth-order valence-electron chi connectivity index (χ4n) is 1.75. The van der Waals surface area contributed by atoms with E-state index in [1.807, 2.05) is 24.4 Å². The zero-order valence-electron chi connectivity index (χ0n) is 10.6. The number of benzene rings is 1. The molecule has 0 saturated carbocycles. The van der Waals surface area contributed by atoms with E-state index in [0.29, 0.717) is 0 Å². The molecule has 0 bridgehead atoms. The van der Waals surface area contributed by atoms with Gasteiger partial charge < -0.3 is 4.90 Å². The molecule has 0 aliphatic rings. The van der Waals surface area contributed by atoms with Gasteiger partial charge in [-0.15, -0.1) is 11.3 Å². The molecule has 0 N–H and O–H groups in total. The molecule has 1 atom stereocenters. The van der Waals surface area contributed by atoms with Crippen LogP contribution in [-0.4, -0.2) is 17.9 Å². The molecule has 1 aromatic carbocycles. The van der Waals surface area contributed by atoms with E-state index in [-0.39, 0.29) is 11.6 Å². The largest absolute Gasteiger partial charge is 0.334 e. The summed E-state index contributed by atoms with van der Waals surface area (Å²) in [5, 5.41) is 1.91. The van der Waals surface area contributed by atoms with E-state index in [2.05, 4.69) is 0 Å². The third kappa shape index (κ3) is 2.66. The third-order valence-corrected chi connectivity index (χ3v) is 4.08. The lowest BCUT2D eigenvalue weighted by atomic mass is 10.1. The molecule has 0 saturated heterocycles. The summed E-state index contributed by atoms with van der Waals surface area (Å²) in [7, 11) is 1.58. The summed E-state index contributed by atoms with van der Waals surface area (Å²) in [6.07, 6.45) is 0. The van der Waals surface area contributed by atoms with Gasteiger partial charge >= 0.3 is 0 Å². The molecule has 0 aliphatic carbocycles. The van der Waals surface area contributed by atoms with Crippen molar-refractivity contribution < 1.29 is 13.6 Å². The Morgan fingerprint density at radius 3 is 2.63 bits per heavy atom. The molecule has 0 spiro atoms. The average molecular weight is 281 g/mol. The molecule has 1 aromatic heterocycles. The average Bonchev–Trinajstić information content (AvgIpc) is 2.93. The maximum atomic E-state index is 13.6. The van der Waals surface area contributed by atoms with E-state index in [1.165, 1.54) is 28.4 Å². The number of nitrogens with zero attached hydrogens (tertiary/aromatic N) is 1. The second-order valence-electron chi connectivity index (χ2n) is 4.21. The normalized spacial score (nSPS) is 12.2. The van der Waals surface area contributed by atoms with E-state index in [0.717, 1.165) is 10.9 Å². The van der Waals surface area contributed by atoms with Crippen LogP contribution in [0.1, 0.15) is 28.2 Å². The fourth-order valence-corrected chi connectivity index (χ4v) is 2.58. The Bertz CT molecular complexity index is 583. The van der Waals surface area contributed by atoms with Crippen LogP contribution < -0.4 is 0 Å². The van der Waals surface area contributed by atoms with Gasteiger partial charge in [0.1, 0.15) is 0 Å². The number of thiophene rings is 1. The van der Waals surface area contributed by atoms with Gasteiger partial charge in [-0.3, -0.25) is 4.79 Å². The predicted octanol–water partition coefficient (Wildman–Crippen LogP) is 3.86. The summed E-state index contributed by atoms with van der Waals surface area (Å²) < 4.78 is 26.7. The number of carbonyl (C=O) groups excluding carboxylic acids is 1. The molecule has 0 radical (unpaired) electrons. The van der Waals surface area contributed by atoms with Crippen LogP contribution in [0, 0.1) is 11.6 Å². The molecule has 2 nitrogen and oxygen atoms in total. The predicted molar refractivity (Wildman–Crippen MR) is 71.2 cm³/mol. The van der Waals surface area contributed by atoms with E-state index in [1.54, 1.807) is 7.05 Å². The lowest BCUT2D eigenvalue weighted by Gasteiger charge is -2.24. The van der Waals surface area contributed by atoms with Gasteiger partial charge in [0.05, 0.1) is 11.6 Å². The van der Waals surface area contributed by atoms with Crippen molar-refractivity contribution in [3.05, 3.63) is 57.8 Å². The highest BCUT2D eigenvalue weighted by molar-refractivity contribution is 7.10. The van der Waals surface area contributed by atoms with Crippen molar-refractivity contribution in [3.63, 3.8) is 0 Å². The smallest absolute Gasteiger partial charge is 0.257 e. The summed E-state index contributed by atoms with van der Waals surface area (Å²) in [5.74, 6) is -2.64. The van der Waals surface area contributed by atoms with Gasteiger partial charge in [-0.25, -0.2) is 8.78 Å². The molecule has 0 fully saturated rings. The number of carbonyl (C=O) groups is 1. The minimum atomic E-state index is -1.10. The Balaban J connectivity index is 2.26. The first-order chi connectivity index (χ1) is 9.02. The lowest BCUT2D eigenvalue weighted by Crippen LogP contribution is -2.30. The van der Waals surface area contributed by atoms with Crippen LogP contribution in [0.4, 0.5) is 8.78 Å². The van der Waals surface area contributed by atoms with E-state index in [4.69, 9.17) is 0 Å². The number of rotatable bonds is 3. The SMILES string of the molecule is CC(c1cccs1)N(C)C(=O)c1cccc(F)c1F. The van der Waals surface area contributed by atoms with Crippen molar-refractivity contribution in [2.75, 3.05) is 7.05 Å². The monoisotopic (exact) mass is 281 g/mol. The van der Waals surface area contributed by atoms with Crippen LogP contribution in [0.2, 0.25) is 0 Å². The Morgan fingerprint density at radius 1 is 1.26 bits per heavy atom. The second kappa shape index (κ2) is 5.48. The van der Waals surface area contributed by atoms with Crippen molar-refractivity contribution in [3.8, 4) is 0 Å². The van der Waals surface area contributed by atoms with Crippen LogP contribution in [0.25, 0.3) is 0 Å². The maximum absolute atomic E-state index is 13.6. The molecule has 19 heavy (non-hydrogen) atoms. The van der Waals surface area contributed by atoms with Crippen molar-refractivity contribution in [2.45, 2.75) is 13.0 Å². The van der Waals surface area contributed by atoms with Gasteiger partial charge in [-0.2, -0.15) is 0 Å². The van der Waals surface area contributed by atoms with Gasteiger partial charge in [0.2, 0.25) is 0 Å². The Morgan fingerprint density at radius 2 is 2.00 bits per heavy atom. The maximum Gasteiger partial charge on any atom is 0.257 e. The first kappa shape index (κ1) is 13.7. The summed E-state index contributed by atoms with van der Waals surface area (Å²) in [6, 6.07) is 7.22. The first-order valence-corrected chi connectivity index (χ1v) is 6.65. The third-order valence-electron chi connectivity index (χ3n) is 3.04. The standard InChI is InChI=1S/C14H13F2NOS/c1-9(12-7-4-8-19-12)17(2)14(18)10-5-3-6-11(15)13(10)16/h3-9H,1-2H3. The summed E-state index contributed by atoms with van der Waals surface area (Å²) in [6.45, 7) is 1.85. The fraction of sp³-hybridized carbons (Fsp3) is 0.214. The topological polar surface area (TPSA) is 20.3 Å². The van der Waals surface area contributed by atoms with E-state index < -0.39 is 17.5 Å².